The molecule has 2 N–H and O–H groups in total. The molecule has 112 valence electrons. The summed E-state index contributed by atoms with van der Waals surface area (Å²) in [5.41, 5.74) is 0. The van der Waals surface area contributed by atoms with E-state index < -0.39 is 18.4 Å². The Kier molecular flexibility index (Phi) is 4.74. The molecule has 3 amide bonds. The van der Waals surface area contributed by atoms with Crippen LogP contribution in [0, 0.1) is 5.92 Å². The van der Waals surface area contributed by atoms with Gasteiger partial charge < -0.3 is 14.6 Å². The molecule has 7 heteroatoms. The van der Waals surface area contributed by atoms with Crippen LogP contribution >= 0.6 is 0 Å². The first-order valence-electron chi connectivity index (χ1n) is 6.67. The predicted octanol–water partition coefficient (Wildman–Crippen LogP) is -0.147. The molecule has 0 aliphatic carbocycles. The highest BCUT2D eigenvalue weighted by Gasteiger charge is 2.42. The highest BCUT2D eigenvalue weighted by atomic mass is 16.6. The van der Waals surface area contributed by atoms with Crippen molar-refractivity contribution in [2.24, 2.45) is 5.92 Å². The Morgan fingerprint density at radius 2 is 2.35 bits per heavy atom. The monoisotopic (exact) mass is 284 g/mol. The molecule has 20 heavy (non-hydrogen) atoms. The van der Waals surface area contributed by atoms with Crippen LogP contribution in [0.2, 0.25) is 0 Å². The lowest BCUT2D eigenvalue weighted by Gasteiger charge is -2.34. The van der Waals surface area contributed by atoms with Gasteiger partial charge in [0.1, 0.15) is 12.3 Å². The highest BCUT2D eigenvalue weighted by Crippen LogP contribution is 2.27. The van der Waals surface area contributed by atoms with E-state index in [-0.39, 0.29) is 24.5 Å². The number of imide groups is 1. The zero-order valence-electron chi connectivity index (χ0n) is 11.4. The van der Waals surface area contributed by atoms with Crippen LogP contribution in [-0.2, 0) is 14.3 Å². The molecule has 0 aromatic rings. The van der Waals surface area contributed by atoms with E-state index in [1.165, 1.54) is 4.90 Å². The van der Waals surface area contributed by atoms with Crippen LogP contribution in [0.5, 0.6) is 0 Å². The Labute approximate surface area is 117 Å². The van der Waals surface area contributed by atoms with Crippen LogP contribution in [-0.4, -0.2) is 60.1 Å². The van der Waals surface area contributed by atoms with Crippen molar-refractivity contribution in [1.29, 1.82) is 0 Å². The van der Waals surface area contributed by atoms with Gasteiger partial charge in [0, 0.05) is 13.0 Å². The van der Waals surface area contributed by atoms with Crippen molar-refractivity contribution >= 4 is 11.9 Å². The molecule has 1 unspecified atom stereocenters. The normalized spacial score (nSPS) is 34.2. The van der Waals surface area contributed by atoms with E-state index in [1.807, 2.05) is 0 Å². The molecule has 4 atom stereocenters. The first-order chi connectivity index (χ1) is 9.56. The molecule has 2 saturated heterocycles. The van der Waals surface area contributed by atoms with Gasteiger partial charge in [0.15, 0.2) is 0 Å². The highest BCUT2D eigenvalue weighted by molar-refractivity contribution is 5.97. The lowest BCUT2D eigenvalue weighted by molar-refractivity contribution is -0.128. The van der Waals surface area contributed by atoms with Crippen LogP contribution in [0.15, 0.2) is 12.7 Å². The van der Waals surface area contributed by atoms with Gasteiger partial charge in [-0.15, -0.1) is 6.58 Å². The summed E-state index contributed by atoms with van der Waals surface area (Å²) >= 11 is 0. The number of carbonyl (C=O) groups excluding carboxylic acids is 2. The average Bonchev–Trinajstić information content (AvgIpc) is 2.83. The molecular weight excluding hydrogens is 264 g/mol. The fourth-order valence-corrected chi connectivity index (χ4v) is 2.43. The van der Waals surface area contributed by atoms with Gasteiger partial charge in [-0.3, -0.25) is 15.0 Å². The molecule has 0 spiro atoms. The molecule has 0 bridgehead atoms. The number of hydrogen-bond acceptors (Lipinski definition) is 5. The smallest absolute Gasteiger partial charge is 0.326 e. The first kappa shape index (κ1) is 15.0. The Balaban J connectivity index is 2.00. The quantitative estimate of drug-likeness (QED) is 0.686. The largest absolute Gasteiger partial charge is 0.394 e. The zero-order valence-corrected chi connectivity index (χ0v) is 11.4. The fourth-order valence-electron chi connectivity index (χ4n) is 2.43. The minimum Gasteiger partial charge on any atom is -0.394 e. The second kappa shape index (κ2) is 6.34. The molecular formula is C13H20N2O5. The first-order valence-corrected chi connectivity index (χ1v) is 6.67. The molecule has 2 rings (SSSR count). The van der Waals surface area contributed by atoms with Crippen molar-refractivity contribution in [3.05, 3.63) is 12.7 Å². The molecule has 2 aliphatic heterocycles. The third-order valence-corrected chi connectivity index (χ3v) is 3.55. The molecule has 2 aliphatic rings. The maximum atomic E-state index is 11.8. The van der Waals surface area contributed by atoms with Gasteiger partial charge in [-0.1, -0.05) is 13.0 Å². The van der Waals surface area contributed by atoms with E-state index >= 15 is 0 Å². The number of rotatable bonds is 5. The fraction of sp³-hybridized carbons (Fsp3) is 0.692. The summed E-state index contributed by atoms with van der Waals surface area (Å²) in [6.07, 6.45) is 0.839. The summed E-state index contributed by atoms with van der Waals surface area (Å²) in [4.78, 5) is 24.7. The van der Waals surface area contributed by atoms with Crippen molar-refractivity contribution in [2.45, 2.75) is 31.8 Å². The van der Waals surface area contributed by atoms with E-state index in [0.717, 1.165) is 0 Å². The molecule has 0 radical (unpaired) electrons. The van der Waals surface area contributed by atoms with Gasteiger partial charge in [0.05, 0.1) is 25.2 Å². The number of hydrogen-bond donors (Lipinski definition) is 2. The SMILES string of the molecule is C=CCO[C@H]1C[C@H](N2CC(C)C(=O)NC2=O)O[C@@H]1CO. The van der Waals surface area contributed by atoms with Crippen molar-refractivity contribution in [3.63, 3.8) is 0 Å². The number of carbonyl (C=O) groups is 2. The minimum atomic E-state index is -0.488. The van der Waals surface area contributed by atoms with Crippen LogP contribution < -0.4 is 5.32 Å². The van der Waals surface area contributed by atoms with Crippen LogP contribution in [0.25, 0.3) is 0 Å². The van der Waals surface area contributed by atoms with E-state index in [2.05, 4.69) is 11.9 Å². The topological polar surface area (TPSA) is 88.1 Å². The second-order valence-electron chi connectivity index (χ2n) is 5.06. The number of urea groups is 1. The van der Waals surface area contributed by atoms with Crippen molar-refractivity contribution < 1.29 is 24.2 Å². The average molecular weight is 284 g/mol. The van der Waals surface area contributed by atoms with Crippen LogP contribution in [0.3, 0.4) is 0 Å². The van der Waals surface area contributed by atoms with Gasteiger partial charge in [0.25, 0.3) is 0 Å². The molecule has 0 aromatic carbocycles. The third kappa shape index (κ3) is 3.00. The molecule has 0 saturated carbocycles. The number of amides is 3. The summed E-state index contributed by atoms with van der Waals surface area (Å²) in [6, 6.07) is -0.459. The number of nitrogens with one attached hydrogen (secondary N) is 1. The number of nitrogens with zero attached hydrogens (tertiary/aromatic N) is 1. The Morgan fingerprint density at radius 1 is 1.60 bits per heavy atom. The lowest BCUT2D eigenvalue weighted by atomic mass is 10.1. The van der Waals surface area contributed by atoms with E-state index in [1.54, 1.807) is 13.0 Å². The van der Waals surface area contributed by atoms with E-state index in [0.29, 0.717) is 19.6 Å². The summed E-state index contributed by atoms with van der Waals surface area (Å²) < 4.78 is 11.2. The van der Waals surface area contributed by atoms with Crippen LogP contribution in [0.4, 0.5) is 4.79 Å². The Bertz CT molecular complexity index is 400. The predicted molar refractivity (Wildman–Crippen MR) is 69.7 cm³/mol. The molecule has 0 aromatic heterocycles. The Morgan fingerprint density at radius 3 is 3.00 bits per heavy atom. The molecule has 2 fully saturated rings. The van der Waals surface area contributed by atoms with Crippen molar-refractivity contribution in [1.82, 2.24) is 10.2 Å². The van der Waals surface area contributed by atoms with Gasteiger partial charge in [-0.25, -0.2) is 4.79 Å². The van der Waals surface area contributed by atoms with Gasteiger partial charge >= 0.3 is 6.03 Å². The maximum Gasteiger partial charge on any atom is 0.326 e. The summed E-state index contributed by atoms with van der Waals surface area (Å²) in [7, 11) is 0. The summed E-state index contributed by atoms with van der Waals surface area (Å²) in [6.45, 7) is 5.81. The van der Waals surface area contributed by atoms with Gasteiger partial charge in [-0.05, 0) is 0 Å². The number of aliphatic hydroxyl groups excluding tert-OH is 1. The second-order valence-corrected chi connectivity index (χ2v) is 5.06. The van der Waals surface area contributed by atoms with Crippen molar-refractivity contribution in [3.8, 4) is 0 Å². The minimum absolute atomic E-state index is 0.178. The lowest BCUT2D eigenvalue weighted by Crippen LogP contribution is -2.57. The van der Waals surface area contributed by atoms with Crippen LogP contribution in [0.1, 0.15) is 13.3 Å². The third-order valence-electron chi connectivity index (χ3n) is 3.55. The summed E-state index contributed by atoms with van der Waals surface area (Å²) in [5.74, 6) is -0.556. The van der Waals surface area contributed by atoms with E-state index in [9.17, 15) is 14.7 Å². The summed E-state index contributed by atoms with van der Waals surface area (Å²) in [5, 5.41) is 11.6. The maximum absolute atomic E-state index is 11.8. The zero-order chi connectivity index (χ0) is 14.7. The van der Waals surface area contributed by atoms with Gasteiger partial charge in [-0.2, -0.15) is 0 Å². The van der Waals surface area contributed by atoms with Gasteiger partial charge in [0.2, 0.25) is 5.91 Å². The van der Waals surface area contributed by atoms with E-state index in [4.69, 9.17) is 9.47 Å². The Hall–Kier alpha value is -1.44. The van der Waals surface area contributed by atoms with Crippen molar-refractivity contribution in [2.75, 3.05) is 19.8 Å². The standard InChI is InChI=1S/C13H20N2O5/c1-3-4-19-9-5-11(20-10(9)7-16)15-6-8(2)12(17)14-13(15)18/h3,8-11,16H,1,4-7H2,2H3,(H,14,17,18)/t8?,9-,10+,11+/m0/s1. The molecule has 2 heterocycles. The number of aliphatic hydroxyl groups is 1. The number of ether oxygens (including phenoxy) is 2. The molecule has 7 nitrogen and oxygen atoms in total.